The Balaban J connectivity index is 1.26. The minimum Gasteiger partial charge on any atom is -0.463 e. The fraction of sp³-hybridized carbons (Fsp3) is 0.522. The maximum Gasteiger partial charge on any atom is 0.316 e. The van der Waals surface area contributed by atoms with Crippen LogP contribution in [0, 0.1) is 11.7 Å². The summed E-state index contributed by atoms with van der Waals surface area (Å²) in [5.41, 5.74) is 1.76. The molecule has 2 saturated heterocycles. The number of carbonyl (C=O) groups excluding carboxylic acids is 1. The number of hydrogen-bond acceptors (Lipinski definition) is 7. The van der Waals surface area contributed by atoms with E-state index in [1.54, 1.807) is 37.5 Å². The molecule has 0 spiro atoms. The highest BCUT2D eigenvalue weighted by Gasteiger charge is 2.23. The van der Waals surface area contributed by atoms with Crippen LogP contribution in [0.1, 0.15) is 25.3 Å². The number of benzene rings is 1. The summed E-state index contributed by atoms with van der Waals surface area (Å²) in [6, 6.07) is 5.49. The van der Waals surface area contributed by atoms with Crippen molar-refractivity contribution in [3.05, 3.63) is 42.0 Å². The second-order valence-electron chi connectivity index (χ2n) is 8.37. The van der Waals surface area contributed by atoms with Gasteiger partial charge in [0.1, 0.15) is 0 Å². The number of piperazine rings is 1. The first kappa shape index (κ1) is 22.3. The first-order valence-electron chi connectivity index (χ1n) is 11.1. The number of amides is 1. The van der Waals surface area contributed by atoms with E-state index >= 15 is 0 Å². The van der Waals surface area contributed by atoms with Crippen molar-refractivity contribution in [2.24, 2.45) is 5.92 Å². The van der Waals surface area contributed by atoms with Gasteiger partial charge in [0, 0.05) is 51.8 Å². The molecular formula is C23H30FN5O3. The number of aromatic nitrogens is 2. The molecule has 0 aliphatic carbocycles. The van der Waals surface area contributed by atoms with Gasteiger partial charge in [-0.05, 0) is 24.8 Å². The minimum atomic E-state index is -0.347. The molecule has 3 heterocycles. The summed E-state index contributed by atoms with van der Waals surface area (Å²) in [6.45, 7) is 6.21. The zero-order chi connectivity index (χ0) is 22.5. The molecule has 1 aromatic heterocycles. The molecule has 1 amide bonds. The van der Waals surface area contributed by atoms with Crippen molar-refractivity contribution in [2.75, 3.05) is 55.7 Å². The summed E-state index contributed by atoms with van der Waals surface area (Å²) in [4.78, 5) is 26.2. The number of ether oxygens (including phenoxy) is 1. The molecular weight excluding hydrogens is 413 g/mol. The zero-order valence-corrected chi connectivity index (χ0v) is 18.4. The molecule has 1 aromatic carbocycles. The van der Waals surface area contributed by atoms with Crippen molar-refractivity contribution < 1.29 is 19.0 Å². The summed E-state index contributed by atoms with van der Waals surface area (Å²) < 4.78 is 20.3. The number of hydrogen-bond donors (Lipinski definition) is 1. The summed E-state index contributed by atoms with van der Waals surface area (Å²) in [5, 5.41) is 9.29. The van der Waals surface area contributed by atoms with E-state index in [1.807, 2.05) is 9.80 Å². The van der Waals surface area contributed by atoms with E-state index in [9.17, 15) is 14.3 Å². The lowest BCUT2D eigenvalue weighted by atomic mass is 9.98. The predicted molar refractivity (Wildman–Crippen MR) is 119 cm³/mol. The third-order valence-corrected chi connectivity index (χ3v) is 6.34. The first-order chi connectivity index (χ1) is 15.5. The Bertz CT molecular complexity index is 910. The first-order valence-corrected chi connectivity index (χ1v) is 11.1. The number of likely N-dealkylation sites (tertiary alicyclic amines) is 1. The number of rotatable bonds is 6. The van der Waals surface area contributed by atoms with Crippen molar-refractivity contribution in [3.8, 4) is 6.01 Å². The van der Waals surface area contributed by atoms with Crippen LogP contribution in [0.15, 0.2) is 30.6 Å². The highest BCUT2D eigenvalue weighted by Crippen LogP contribution is 2.25. The number of aliphatic hydroxyl groups is 1. The Morgan fingerprint density at radius 2 is 1.75 bits per heavy atom. The Hall–Kier alpha value is -2.94. The number of piperidine rings is 1. The van der Waals surface area contributed by atoms with Crippen LogP contribution in [0.25, 0.3) is 0 Å². The van der Waals surface area contributed by atoms with E-state index in [1.165, 1.54) is 0 Å². The van der Waals surface area contributed by atoms with Crippen LogP contribution in [0.2, 0.25) is 0 Å². The fourth-order valence-corrected chi connectivity index (χ4v) is 4.29. The maximum absolute atomic E-state index is 14.5. The number of nitrogens with zero attached hydrogens (tertiary/aromatic N) is 5. The quantitative estimate of drug-likeness (QED) is 0.732. The second kappa shape index (κ2) is 10.1. The largest absolute Gasteiger partial charge is 0.463 e. The molecule has 2 fully saturated rings. The van der Waals surface area contributed by atoms with E-state index in [0.29, 0.717) is 42.9 Å². The number of anilines is 2. The smallest absolute Gasteiger partial charge is 0.316 e. The molecule has 2 aromatic rings. The van der Waals surface area contributed by atoms with E-state index in [0.717, 1.165) is 44.7 Å². The number of carbonyl (C=O) groups is 1. The molecule has 32 heavy (non-hydrogen) atoms. The lowest BCUT2D eigenvalue weighted by Crippen LogP contribution is -2.47. The maximum atomic E-state index is 14.5. The fourth-order valence-electron chi connectivity index (χ4n) is 4.29. The molecule has 2 aliphatic heterocycles. The van der Waals surface area contributed by atoms with E-state index in [2.05, 4.69) is 14.9 Å². The summed E-state index contributed by atoms with van der Waals surface area (Å²) in [5.74, 6) is 0.194. The third kappa shape index (κ3) is 5.09. The van der Waals surface area contributed by atoms with Crippen molar-refractivity contribution >= 4 is 17.3 Å². The van der Waals surface area contributed by atoms with Crippen molar-refractivity contribution in [3.63, 3.8) is 0 Å². The van der Waals surface area contributed by atoms with Crippen LogP contribution in [0.4, 0.5) is 15.8 Å². The van der Waals surface area contributed by atoms with E-state index < -0.39 is 0 Å². The van der Waals surface area contributed by atoms with Gasteiger partial charge in [0.05, 0.1) is 37.0 Å². The zero-order valence-electron chi connectivity index (χ0n) is 18.4. The molecule has 172 valence electrons. The van der Waals surface area contributed by atoms with Crippen LogP contribution in [0.5, 0.6) is 6.01 Å². The van der Waals surface area contributed by atoms with Gasteiger partial charge in [0.15, 0.2) is 5.82 Å². The monoisotopic (exact) mass is 443 g/mol. The average Bonchev–Trinajstić information content (AvgIpc) is 2.84. The molecule has 4 rings (SSSR count). The van der Waals surface area contributed by atoms with Gasteiger partial charge < -0.3 is 24.5 Å². The van der Waals surface area contributed by atoms with Gasteiger partial charge in [-0.2, -0.15) is 0 Å². The van der Waals surface area contributed by atoms with Gasteiger partial charge in [0.2, 0.25) is 5.91 Å². The van der Waals surface area contributed by atoms with Crippen molar-refractivity contribution in [2.45, 2.75) is 26.4 Å². The number of aliphatic hydroxyl groups excluding tert-OH is 1. The normalized spacial score (nSPS) is 17.5. The standard InChI is InChI=1S/C23H30FN5O3/c1-17(31)27-7-5-18(6-8-27)16-32-23-25-13-20(14-26-23)28-9-11-29(12-10-28)21-4-2-3-19(15-30)22(21)24/h2-4,13-14,18,30H,5-12,15-16H2,1H3. The van der Waals surface area contributed by atoms with Gasteiger partial charge in [-0.1, -0.05) is 12.1 Å². The molecule has 0 atom stereocenters. The topological polar surface area (TPSA) is 82.0 Å². The van der Waals surface area contributed by atoms with E-state index in [4.69, 9.17) is 4.74 Å². The minimum absolute atomic E-state index is 0.132. The molecule has 0 bridgehead atoms. The van der Waals surface area contributed by atoms with Gasteiger partial charge in [-0.3, -0.25) is 4.79 Å². The van der Waals surface area contributed by atoms with Gasteiger partial charge in [-0.15, -0.1) is 0 Å². The SMILES string of the molecule is CC(=O)N1CCC(COc2ncc(N3CCN(c4cccc(CO)c4F)CC3)cn2)CC1. The molecule has 0 unspecified atom stereocenters. The molecule has 0 saturated carbocycles. The van der Waals surface area contributed by atoms with Gasteiger partial charge in [-0.25, -0.2) is 14.4 Å². The predicted octanol–water partition coefficient (Wildman–Crippen LogP) is 2.07. The Kier molecular flexibility index (Phi) is 7.04. The van der Waals surface area contributed by atoms with Crippen LogP contribution >= 0.6 is 0 Å². The Labute approximate surface area is 187 Å². The van der Waals surface area contributed by atoms with Crippen molar-refractivity contribution in [1.29, 1.82) is 0 Å². The lowest BCUT2D eigenvalue weighted by Gasteiger charge is -2.37. The summed E-state index contributed by atoms with van der Waals surface area (Å²) in [7, 11) is 0. The lowest BCUT2D eigenvalue weighted by molar-refractivity contribution is -0.130. The van der Waals surface area contributed by atoms with Crippen molar-refractivity contribution in [1.82, 2.24) is 14.9 Å². The Morgan fingerprint density at radius 3 is 2.38 bits per heavy atom. The molecule has 1 N–H and O–H groups in total. The molecule has 0 radical (unpaired) electrons. The van der Waals surface area contributed by atoms with Crippen LogP contribution < -0.4 is 14.5 Å². The third-order valence-electron chi connectivity index (χ3n) is 6.34. The molecule has 8 nitrogen and oxygen atoms in total. The highest BCUT2D eigenvalue weighted by molar-refractivity contribution is 5.73. The van der Waals surface area contributed by atoms with Gasteiger partial charge >= 0.3 is 6.01 Å². The Morgan fingerprint density at radius 1 is 1.09 bits per heavy atom. The van der Waals surface area contributed by atoms with Gasteiger partial charge in [0.25, 0.3) is 0 Å². The summed E-state index contributed by atoms with van der Waals surface area (Å²) in [6.07, 6.45) is 5.40. The van der Waals surface area contributed by atoms with Crippen LogP contribution in [-0.2, 0) is 11.4 Å². The van der Waals surface area contributed by atoms with E-state index in [-0.39, 0.29) is 18.3 Å². The summed E-state index contributed by atoms with van der Waals surface area (Å²) >= 11 is 0. The van der Waals surface area contributed by atoms with Crippen LogP contribution in [-0.4, -0.2) is 71.8 Å². The molecule has 9 heteroatoms. The average molecular weight is 444 g/mol. The number of halogens is 1. The highest BCUT2D eigenvalue weighted by atomic mass is 19.1. The van der Waals surface area contributed by atoms with Crippen LogP contribution in [0.3, 0.4) is 0 Å². The second-order valence-corrected chi connectivity index (χ2v) is 8.37. The molecule has 2 aliphatic rings.